The van der Waals surface area contributed by atoms with E-state index in [2.05, 4.69) is 30.9 Å². The van der Waals surface area contributed by atoms with Crippen LogP contribution in [-0.4, -0.2) is 35.7 Å². The first-order valence-corrected chi connectivity index (χ1v) is 13.5. The SMILES string of the molecule is CC(C)C[C@@H](CN(CCCOC1=CC(=CC(=O)O)CC=C1)Cc1cccc(C(F)(F)F)c1Cl)c1ccccc1. The van der Waals surface area contributed by atoms with Gasteiger partial charge >= 0.3 is 12.1 Å². The van der Waals surface area contributed by atoms with Crippen LogP contribution in [0.2, 0.25) is 5.02 Å². The van der Waals surface area contributed by atoms with Crippen molar-refractivity contribution in [3.63, 3.8) is 0 Å². The highest BCUT2D eigenvalue weighted by Gasteiger charge is 2.34. The molecule has 0 amide bonds. The lowest BCUT2D eigenvalue weighted by atomic mass is 9.89. The summed E-state index contributed by atoms with van der Waals surface area (Å²) < 4.78 is 46.4. The van der Waals surface area contributed by atoms with Gasteiger partial charge in [-0.05, 0) is 66.0 Å². The molecule has 8 heteroatoms. The van der Waals surface area contributed by atoms with Crippen molar-refractivity contribution >= 4 is 17.6 Å². The predicted octanol–water partition coefficient (Wildman–Crippen LogP) is 8.25. The van der Waals surface area contributed by atoms with E-state index in [1.54, 1.807) is 12.1 Å². The van der Waals surface area contributed by atoms with Crippen molar-refractivity contribution in [2.75, 3.05) is 19.7 Å². The number of carbonyl (C=O) groups is 1. The van der Waals surface area contributed by atoms with E-state index in [0.717, 1.165) is 18.6 Å². The molecule has 1 N–H and O–H groups in total. The topological polar surface area (TPSA) is 49.8 Å². The third-order valence-corrected chi connectivity index (χ3v) is 6.89. The fourth-order valence-electron chi connectivity index (χ4n) is 4.75. The number of hydrogen-bond acceptors (Lipinski definition) is 3. The van der Waals surface area contributed by atoms with E-state index in [4.69, 9.17) is 21.4 Å². The van der Waals surface area contributed by atoms with Gasteiger partial charge in [0.2, 0.25) is 0 Å². The number of hydrogen-bond donors (Lipinski definition) is 1. The molecular formula is C31H35ClF3NO3. The van der Waals surface area contributed by atoms with Gasteiger partial charge in [0.1, 0.15) is 5.76 Å². The van der Waals surface area contributed by atoms with E-state index in [1.165, 1.54) is 11.6 Å². The van der Waals surface area contributed by atoms with Crippen molar-refractivity contribution in [1.82, 2.24) is 4.90 Å². The summed E-state index contributed by atoms with van der Waals surface area (Å²) in [5.41, 5.74) is 1.45. The predicted molar refractivity (Wildman–Crippen MR) is 148 cm³/mol. The highest BCUT2D eigenvalue weighted by Crippen LogP contribution is 2.37. The third kappa shape index (κ3) is 9.90. The van der Waals surface area contributed by atoms with E-state index >= 15 is 0 Å². The number of aliphatic carboxylic acids is 1. The number of carboxylic acids is 1. The maximum absolute atomic E-state index is 13.5. The molecule has 0 unspecified atom stereocenters. The van der Waals surface area contributed by atoms with Crippen molar-refractivity contribution in [1.29, 1.82) is 0 Å². The Morgan fingerprint density at radius 1 is 1.15 bits per heavy atom. The summed E-state index contributed by atoms with van der Waals surface area (Å²) in [5, 5.41) is 8.73. The van der Waals surface area contributed by atoms with E-state index in [-0.39, 0.29) is 17.5 Å². The molecule has 0 spiro atoms. The summed E-state index contributed by atoms with van der Waals surface area (Å²) in [4.78, 5) is 13.1. The quantitative estimate of drug-likeness (QED) is 0.197. The molecule has 2 aromatic carbocycles. The monoisotopic (exact) mass is 561 g/mol. The van der Waals surface area contributed by atoms with Crippen LogP contribution in [-0.2, 0) is 22.3 Å². The normalized spacial score (nSPS) is 15.6. The van der Waals surface area contributed by atoms with Crippen molar-refractivity contribution < 1.29 is 27.8 Å². The molecule has 1 atom stereocenters. The van der Waals surface area contributed by atoms with Gasteiger partial charge in [0, 0.05) is 25.7 Å². The van der Waals surface area contributed by atoms with Gasteiger partial charge in [0.05, 0.1) is 17.2 Å². The molecule has 0 heterocycles. The second-order valence-corrected chi connectivity index (χ2v) is 10.5. The van der Waals surface area contributed by atoms with Crippen LogP contribution in [0.4, 0.5) is 13.2 Å². The van der Waals surface area contributed by atoms with E-state index < -0.39 is 17.7 Å². The highest BCUT2D eigenvalue weighted by molar-refractivity contribution is 6.32. The smallest absolute Gasteiger partial charge is 0.417 e. The summed E-state index contributed by atoms with van der Waals surface area (Å²) >= 11 is 6.25. The number of carboxylic acid groups (broad SMARTS) is 1. The number of halogens is 4. The van der Waals surface area contributed by atoms with Crippen LogP contribution in [0.1, 0.15) is 55.7 Å². The number of nitrogens with zero attached hydrogens (tertiary/aromatic N) is 1. The van der Waals surface area contributed by atoms with Crippen molar-refractivity contribution in [3.8, 4) is 0 Å². The van der Waals surface area contributed by atoms with Crippen LogP contribution in [0, 0.1) is 5.92 Å². The molecule has 0 aliphatic heterocycles. The van der Waals surface area contributed by atoms with E-state index in [9.17, 15) is 18.0 Å². The molecule has 3 rings (SSSR count). The number of ether oxygens (including phenoxy) is 1. The Hall–Kier alpha value is -3.03. The molecule has 1 aliphatic carbocycles. The molecule has 0 radical (unpaired) electrons. The molecule has 0 saturated carbocycles. The number of benzene rings is 2. The zero-order valence-corrected chi connectivity index (χ0v) is 23.0. The van der Waals surface area contributed by atoms with Gasteiger partial charge < -0.3 is 9.84 Å². The maximum Gasteiger partial charge on any atom is 0.417 e. The minimum Gasteiger partial charge on any atom is -0.494 e. The van der Waals surface area contributed by atoms with Crippen LogP contribution >= 0.6 is 11.6 Å². The maximum atomic E-state index is 13.5. The van der Waals surface area contributed by atoms with Gasteiger partial charge in [0.15, 0.2) is 0 Å². The van der Waals surface area contributed by atoms with Gasteiger partial charge in [0.25, 0.3) is 0 Å². The molecule has 0 bridgehead atoms. The van der Waals surface area contributed by atoms with Crippen molar-refractivity contribution in [2.45, 2.75) is 51.7 Å². The minimum atomic E-state index is -4.52. The minimum absolute atomic E-state index is 0.199. The Balaban J connectivity index is 1.76. The van der Waals surface area contributed by atoms with E-state index in [1.807, 2.05) is 30.4 Å². The Morgan fingerprint density at radius 3 is 2.56 bits per heavy atom. The van der Waals surface area contributed by atoms with Crippen LogP contribution in [0.5, 0.6) is 0 Å². The summed E-state index contributed by atoms with van der Waals surface area (Å²) in [6, 6.07) is 14.2. The van der Waals surface area contributed by atoms with Crippen molar-refractivity contribution in [2.24, 2.45) is 5.92 Å². The first kappa shape index (κ1) is 30.5. The van der Waals surface area contributed by atoms with Gasteiger partial charge in [-0.25, -0.2) is 4.79 Å². The van der Waals surface area contributed by atoms with Crippen LogP contribution < -0.4 is 0 Å². The zero-order valence-electron chi connectivity index (χ0n) is 22.3. The first-order valence-electron chi connectivity index (χ1n) is 13.1. The largest absolute Gasteiger partial charge is 0.494 e. The first-order chi connectivity index (χ1) is 18.5. The summed E-state index contributed by atoms with van der Waals surface area (Å²) in [5.74, 6) is 0.220. The lowest BCUT2D eigenvalue weighted by molar-refractivity contribution is -0.137. The lowest BCUT2D eigenvalue weighted by Crippen LogP contribution is -2.31. The van der Waals surface area contributed by atoms with Gasteiger partial charge in [-0.3, -0.25) is 4.90 Å². The average molecular weight is 562 g/mol. The number of alkyl halides is 3. The highest BCUT2D eigenvalue weighted by atomic mass is 35.5. The molecule has 0 fully saturated rings. The fraction of sp³-hybridized carbons (Fsp3) is 0.387. The number of rotatable bonds is 13. The van der Waals surface area contributed by atoms with Gasteiger partial charge in [-0.1, -0.05) is 74.0 Å². The molecule has 2 aromatic rings. The lowest BCUT2D eigenvalue weighted by Gasteiger charge is -2.30. The summed E-state index contributed by atoms with van der Waals surface area (Å²) in [6.45, 7) is 6.22. The van der Waals surface area contributed by atoms with Crippen LogP contribution in [0.3, 0.4) is 0 Å². The molecule has 0 aromatic heterocycles. The molecule has 39 heavy (non-hydrogen) atoms. The Morgan fingerprint density at radius 2 is 1.90 bits per heavy atom. The van der Waals surface area contributed by atoms with Crippen molar-refractivity contribution in [3.05, 3.63) is 106 Å². The van der Waals surface area contributed by atoms with Crippen LogP contribution in [0.25, 0.3) is 0 Å². The second kappa shape index (κ2) is 14.4. The second-order valence-electron chi connectivity index (χ2n) is 10.2. The zero-order chi connectivity index (χ0) is 28.4. The molecule has 210 valence electrons. The Bertz CT molecular complexity index is 1190. The summed E-state index contributed by atoms with van der Waals surface area (Å²) in [7, 11) is 0. The molecule has 1 aliphatic rings. The molecule has 4 nitrogen and oxygen atoms in total. The van der Waals surface area contributed by atoms with E-state index in [0.29, 0.717) is 55.4 Å². The molecule has 0 saturated heterocycles. The summed E-state index contributed by atoms with van der Waals surface area (Å²) in [6.07, 6.45) is 4.10. The van der Waals surface area contributed by atoms with Gasteiger partial charge in [-0.2, -0.15) is 13.2 Å². The fourth-order valence-corrected chi connectivity index (χ4v) is 5.04. The standard InChI is InChI=1S/C31H35ClF3NO3/c1-22(2)17-26(24-10-4-3-5-11-24)21-36(20-25-12-7-14-28(30(25)32)31(33,34)35)15-8-16-39-27-13-6-9-23(18-27)19-29(37)38/h3-7,10-14,18-19,22,26H,8-9,15-17,20-21H2,1-2H3,(H,37,38)/t26-/m0/s1. The molecular weight excluding hydrogens is 527 g/mol. The van der Waals surface area contributed by atoms with Gasteiger partial charge in [-0.15, -0.1) is 0 Å². The third-order valence-electron chi connectivity index (χ3n) is 6.44. The Labute approximate surface area is 233 Å². The Kier molecular flexibility index (Phi) is 11.3. The average Bonchev–Trinajstić information content (AvgIpc) is 2.86. The number of allylic oxidation sites excluding steroid dienone is 4. The van der Waals surface area contributed by atoms with Crippen LogP contribution in [0.15, 0.2) is 84.2 Å².